The quantitative estimate of drug-likeness (QED) is 0.798. The molecule has 0 aliphatic carbocycles. The van der Waals surface area contributed by atoms with Gasteiger partial charge in [-0.2, -0.15) is 0 Å². The summed E-state index contributed by atoms with van der Waals surface area (Å²) in [5, 5.41) is 0. The third-order valence-electron chi connectivity index (χ3n) is 5.55. The first kappa shape index (κ1) is 16.9. The highest BCUT2D eigenvalue weighted by molar-refractivity contribution is 6.17. The second-order valence-electron chi connectivity index (χ2n) is 7.08. The van der Waals surface area contributed by atoms with Crippen molar-refractivity contribution in [1.82, 2.24) is 9.80 Å². The molecule has 1 saturated heterocycles. The van der Waals surface area contributed by atoms with Crippen LogP contribution in [0, 0.1) is 0 Å². The van der Waals surface area contributed by atoms with Crippen LogP contribution >= 0.6 is 0 Å². The maximum absolute atomic E-state index is 13.3. The average Bonchev–Trinajstić information content (AvgIpc) is 3.04. The van der Waals surface area contributed by atoms with Gasteiger partial charge in [0, 0.05) is 24.2 Å². The highest BCUT2D eigenvalue weighted by atomic mass is 16.5. The monoisotopic (exact) mass is 377 g/mol. The zero-order valence-corrected chi connectivity index (χ0v) is 15.2. The standard InChI is InChI=1S/C21H19N3O4/c25-18(22-9-11-28-12-10-22)13-23-19-14-5-1-2-6-15(14)21(27)24(19)17-8-4-3-7-16(17)20(23)26/h1-8,19H,9-13H2/t19-/m0/s1. The van der Waals surface area contributed by atoms with Crippen molar-refractivity contribution in [2.45, 2.75) is 6.17 Å². The van der Waals surface area contributed by atoms with E-state index < -0.39 is 6.17 Å². The van der Waals surface area contributed by atoms with Crippen molar-refractivity contribution < 1.29 is 19.1 Å². The summed E-state index contributed by atoms with van der Waals surface area (Å²) in [5.74, 6) is -0.514. The number of para-hydroxylation sites is 1. The van der Waals surface area contributed by atoms with E-state index in [1.165, 1.54) is 4.90 Å². The molecule has 0 bridgehead atoms. The van der Waals surface area contributed by atoms with Gasteiger partial charge in [0.25, 0.3) is 11.8 Å². The van der Waals surface area contributed by atoms with Crippen molar-refractivity contribution in [1.29, 1.82) is 0 Å². The molecule has 0 unspecified atom stereocenters. The molecule has 28 heavy (non-hydrogen) atoms. The highest BCUT2D eigenvalue weighted by Crippen LogP contribution is 2.44. The first-order valence-corrected chi connectivity index (χ1v) is 9.35. The molecule has 0 saturated carbocycles. The van der Waals surface area contributed by atoms with Crippen LogP contribution in [0.15, 0.2) is 48.5 Å². The molecular weight excluding hydrogens is 358 g/mol. The van der Waals surface area contributed by atoms with Crippen LogP contribution < -0.4 is 4.90 Å². The predicted molar refractivity (Wildman–Crippen MR) is 101 cm³/mol. The van der Waals surface area contributed by atoms with Gasteiger partial charge in [-0.15, -0.1) is 0 Å². The normalized spacial score (nSPS) is 20.7. The van der Waals surface area contributed by atoms with Gasteiger partial charge in [0.1, 0.15) is 12.7 Å². The number of rotatable bonds is 2. The predicted octanol–water partition coefficient (Wildman–Crippen LogP) is 1.66. The number of carbonyl (C=O) groups excluding carboxylic acids is 3. The van der Waals surface area contributed by atoms with Crippen LogP contribution in [-0.2, 0) is 9.53 Å². The van der Waals surface area contributed by atoms with Crippen LogP contribution in [0.25, 0.3) is 0 Å². The van der Waals surface area contributed by atoms with Crippen molar-refractivity contribution in [2.75, 3.05) is 37.7 Å². The van der Waals surface area contributed by atoms with Crippen LogP contribution in [-0.4, -0.2) is 60.4 Å². The molecule has 3 aliphatic heterocycles. The number of benzene rings is 2. The minimum Gasteiger partial charge on any atom is -0.378 e. The van der Waals surface area contributed by atoms with Gasteiger partial charge in [0.2, 0.25) is 5.91 Å². The van der Waals surface area contributed by atoms with Crippen molar-refractivity contribution in [3.05, 3.63) is 65.2 Å². The van der Waals surface area contributed by atoms with Gasteiger partial charge < -0.3 is 14.5 Å². The number of anilines is 1. The summed E-state index contributed by atoms with van der Waals surface area (Å²) in [6.07, 6.45) is -0.601. The number of amides is 3. The Morgan fingerprint density at radius 1 is 0.929 bits per heavy atom. The summed E-state index contributed by atoms with van der Waals surface area (Å²) in [4.78, 5) is 44.1. The molecule has 2 aromatic rings. The molecule has 7 heteroatoms. The van der Waals surface area contributed by atoms with E-state index in [2.05, 4.69) is 0 Å². The van der Waals surface area contributed by atoms with Crippen molar-refractivity contribution >= 4 is 23.4 Å². The van der Waals surface area contributed by atoms with E-state index in [1.54, 1.807) is 34.1 Å². The van der Waals surface area contributed by atoms with Crippen molar-refractivity contribution in [3.8, 4) is 0 Å². The average molecular weight is 377 g/mol. The van der Waals surface area contributed by atoms with Crippen LogP contribution in [0.2, 0.25) is 0 Å². The van der Waals surface area contributed by atoms with Gasteiger partial charge in [-0.25, -0.2) is 0 Å². The third kappa shape index (κ3) is 2.43. The first-order valence-electron chi connectivity index (χ1n) is 9.35. The van der Waals surface area contributed by atoms with Gasteiger partial charge in [0.15, 0.2) is 0 Å². The SMILES string of the molecule is O=C(CN1C(=O)c2ccccc2N2C(=O)c3ccccc3[C@@H]12)N1CCOCC1. The van der Waals surface area contributed by atoms with E-state index in [-0.39, 0.29) is 24.3 Å². The fraction of sp³-hybridized carbons (Fsp3) is 0.286. The molecule has 5 rings (SSSR count). The Labute approximate surface area is 162 Å². The largest absolute Gasteiger partial charge is 0.378 e. The van der Waals surface area contributed by atoms with Crippen molar-refractivity contribution in [2.24, 2.45) is 0 Å². The Balaban J connectivity index is 1.57. The maximum Gasteiger partial charge on any atom is 0.260 e. The molecule has 3 amide bonds. The number of hydrogen-bond donors (Lipinski definition) is 0. The Kier molecular flexibility index (Phi) is 3.91. The number of carbonyl (C=O) groups is 3. The van der Waals surface area contributed by atoms with Crippen LogP contribution in [0.4, 0.5) is 5.69 Å². The molecule has 3 heterocycles. The summed E-state index contributed by atoms with van der Waals surface area (Å²) in [6.45, 7) is 1.96. The minimum absolute atomic E-state index is 0.0735. The zero-order valence-electron chi connectivity index (χ0n) is 15.2. The molecule has 1 atom stereocenters. The molecule has 1 fully saturated rings. The van der Waals surface area contributed by atoms with E-state index in [0.29, 0.717) is 43.1 Å². The Morgan fingerprint density at radius 3 is 2.39 bits per heavy atom. The molecule has 0 radical (unpaired) electrons. The van der Waals surface area contributed by atoms with Gasteiger partial charge in [-0.1, -0.05) is 30.3 Å². The lowest BCUT2D eigenvalue weighted by Gasteiger charge is -2.41. The lowest BCUT2D eigenvalue weighted by molar-refractivity contribution is -0.136. The molecule has 0 aromatic heterocycles. The minimum atomic E-state index is -0.601. The summed E-state index contributed by atoms with van der Waals surface area (Å²) in [5.41, 5.74) is 2.36. The van der Waals surface area contributed by atoms with E-state index in [1.807, 2.05) is 24.3 Å². The fourth-order valence-electron chi connectivity index (χ4n) is 4.19. The Morgan fingerprint density at radius 2 is 1.61 bits per heavy atom. The molecule has 0 spiro atoms. The molecule has 0 N–H and O–H groups in total. The zero-order chi connectivity index (χ0) is 19.3. The number of nitrogens with zero attached hydrogens (tertiary/aromatic N) is 3. The maximum atomic E-state index is 13.3. The molecular formula is C21H19N3O4. The summed E-state index contributed by atoms with van der Waals surface area (Å²) in [7, 11) is 0. The van der Waals surface area contributed by atoms with Gasteiger partial charge in [-0.3, -0.25) is 19.3 Å². The van der Waals surface area contributed by atoms with Gasteiger partial charge in [0.05, 0.1) is 24.5 Å². The lowest BCUT2D eigenvalue weighted by Crippen LogP contribution is -2.53. The third-order valence-corrected chi connectivity index (χ3v) is 5.55. The number of fused-ring (bicyclic) bond motifs is 5. The number of hydrogen-bond acceptors (Lipinski definition) is 4. The lowest BCUT2D eigenvalue weighted by atomic mass is 10.0. The van der Waals surface area contributed by atoms with Crippen LogP contribution in [0.1, 0.15) is 32.4 Å². The van der Waals surface area contributed by atoms with E-state index in [0.717, 1.165) is 5.56 Å². The molecule has 3 aliphatic rings. The topological polar surface area (TPSA) is 70.2 Å². The van der Waals surface area contributed by atoms with Gasteiger partial charge in [-0.05, 0) is 18.2 Å². The summed E-state index contributed by atoms with van der Waals surface area (Å²) in [6, 6.07) is 14.4. The second kappa shape index (κ2) is 6.45. The molecule has 7 nitrogen and oxygen atoms in total. The first-order chi connectivity index (χ1) is 13.7. The summed E-state index contributed by atoms with van der Waals surface area (Å²) >= 11 is 0. The molecule has 2 aromatic carbocycles. The van der Waals surface area contributed by atoms with Crippen molar-refractivity contribution in [3.63, 3.8) is 0 Å². The van der Waals surface area contributed by atoms with Crippen LogP contribution in [0.3, 0.4) is 0 Å². The molecule has 142 valence electrons. The smallest absolute Gasteiger partial charge is 0.260 e. The van der Waals surface area contributed by atoms with E-state index in [9.17, 15) is 14.4 Å². The van der Waals surface area contributed by atoms with E-state index >= 15 is 0 Å². The van der Waals surface area contributed by atoms with Crippen LogP contribution in [0.5, 0.6) is 0 Å². The number of morpholine rings is 1. The number of ether oxygens (including phenoxy) is 1. The highest BCUT2D eigenvalue weighted by Gasteiger charge is 2.48. The van der Waals surface area contributed by atoms with E-state index in [4.69, 9.17) is 4.74 Å². The fourth-order valence-corrected chi connectivity index (χ4v) is 4.19. The Bertz CT molecular complexity index is 983. The second-order valence-corrected chi connectivity index (χ2v) is 7.08. The summed E-state index contributed by atoms with van der Waals surface area (Å²) < 4.78 is 5.31. The Hall–Kier alpha value is -3.19. The van der Waals surface area contributed by atoms with Gasteiger partial charge >= 0.3 is 0 Å².